The number of aryl methyl sites for hydroxylation is 2. The van der Waals surface area contributed by atoms with Crippen LogP contribution in [-0.2, 0) is 26.9 Å². The molecule has 4 rings (SSSR count). The number of rotatable bonds is 6. The zero-order valence-electron chi connectivity index (χ0n) is 19.2. The fourth-order valence-corrected chi connectivity index (χ4v) is 6.43. The quantitative estimate of drug-likeness (QED) is 0.527. The molecule has 1 heterocycles. The highest BCUT2D eigenvalue weighted by Gasteiger charge is 2.25. The van der Waals surface area contributed by atoms with Crippen molar-refractivity contribution in [2.24, 2.45) is 0 Å². The van der Waals surface area contributed by atoms with Crippen LogP contribution in [0.25, 0.3) is 10.9 Å². The lowest BCUT2D eigenvalue weighted by atomic mass is 9.94. The van der Waals surface area contributed by atoms with Crippen LogP contribution >= 0.6 is 0 Å². The summed E-state index contributed by atoms with van der Waals surface area (Å²) in [5, 5.41) is 0.672. The van der Waals surface area contributed by atoms with Gasteiger partial charge in [0, 0.05) is 30.2 Å². The van der Waals surface area contributed by atoms with E-state index in [1.807, 2.05) is 68.3 Å². The summed E-state index contributed by atoms with van der Waals surface area (Å²) in [5.74, 6) is -0.0270. The van der Waals surface area contributed by atoms with Gasteiger partial charge in [0.05, 0.1) is 10.6 Å². The molecule has 5 nitrogen and oxygen atoms in total. The Labute approximate surface area is 191 Å². The van der Waals surface area contributed by atoms with E-state index in [1.165, 1.54) is 6.42 Å². The molecule has 1 amide bonds. The predicted octanol–water partition coefficient (Wildman–Crippen LogP) is 5.02. The SMILES string of the molecule is Cc1ccc(C)c(CS(=O)(=O)c2cn(CC(=O)N(C)C3CCCCC3)c3ccccc23)c1. The molecule has 3 aromatic rings. The summed E-state index contributed by atoms with van der Waals surface area (Å²) in [5.41, 5.74) is 3.60. The van der Waals surface area contributed by atoms with Crippen molar-refractivity contribution in [1.29, 1.82) is 0 Å². The number of sulfone groups is 1. The van der Waals surface area contributed by atoms with Gasteiger partial charge in [-0.15, -0.1) is 0 Å². The van der Waals surface area contributed by atoms with Crippen molar-refractivity contribution < 1.29 is 13.2 Å². The number of aromatic nitrogens is 1. The van der Waals surface area contributed by atoms with E-state index in [0.717, 1.165) is 47.9 Å². The maximum Gasteiger partial charge on any atom is 0.242 e. The Kier molecular flexibility index (Phi) is 6.42. The van der Waals surface area contributed by atoms with Gasteiger partial charge in [0.15, 0.2) is 9.84 Å². The zero-order chi connectivity index (χ0) is 22.9. The van der Waals surface area contributed by atoms with E-state index < -0.39 is 9.84 Å². The second-order valence-electron chi connectivity index (χ2n) is 9.12. The van der Waals surface area contributed by atoms with Crippen LogP contribution in [0.4, 0.5) is 0 Å². The molecule has 0 radical (unpaired) electrons. The molecule has 1 aliphatic rings. The molecular weight excluding hydrogens is 420 g/mol. The number of likely N-dealkylation sites (N-methyl/N-ethyl adjacent to an activating group) is 1. The summed E-state index contributed by atoms with van der Waals surface area (Å²) >= 11 is 0. The van der Waals surface area contributed by atoms with Crippen LogP contribution in [0, 0.1) is 13.8 Å². The molecule has 32 heavy (non-hydrogen) atoms. The first-order valence-corrected chi connectivity index (χ1v) is 13.0. The smallest absolute Gasteiger partial charge is 0.242 e. The molecule has 6 heteroatoms. The average Bonchev–Trinajstić information content (AvgIpc) is 3.15. The molecule has 0 unspecified atom stereocenters. The fraction of sp³-hybridized carbons (Fsp3) is 0.423. The van der Waals surface area contributed by atoms with E-state index in [0.29, 0.717) is 10.3 Å². The van der Waals surface area contributed by atoms with Crippen LogP contribution in [0.3, 0.4) is 0 Å². The average molecular weight is 453 g/mol. The Balaban J connectivity index is 1.65. The first kappa shape index (κ1) is 22.6. The molecule has 170 valence electrons. The zero-order valence-corrected chi connectivity index (χ0v) is 20.0. The van der Waals surface area contributed by atoms with Crippen molar-refractivity contribution in [2.75, 3.05) is 7.05 Å². The van der Waals surface area contributed by atoms with Crippen molar-refractivity contribution in [3.63, 3.8) is 0 Å². The van der Waals surface area contributed by atoms with Crippen LogP contribution in [0.1, 0.15) is 48.8 Å². The van der Waals surface area contributed by atoms with Crippen LogP contribution in [-0.4, -0.2) is 36.9 Å². The summed E-state index contributed by atoms with van der Waals surface area (Å²) in [6.45, 7) is 4.05. The fourth-order valence-electron chi connectivity index (χ4n) is 4.76. The number of carbonyl (C=O) groups excluding carboxylic acids is 1. The Morgan fingerprint density at radius 3 is 2.53 bits per heavy atom. The van der Waals surface area contributed by atoms with Gasteiger partial charge in [-0.25, -0.2) is 8.42 Å². The molecule has 0 N–H and O–H groups in total. The molecule has 0 bridgehead atoms. The number of fused-ring (bicyclic) bond motifs is 1. The standard InChI is InChI=1S/C26H32N2O3S/c1-19-13-14-20(2)21(15-19)18-32(30,31)25-16-28(24-12-8-7-11-23(24)25)17-26(29)27(3)22-9-5-4-6-10-22/h7-8,11-16,22H,4-6,9-10,17-18H2,1-3H3. The first-order valence-electron chi connectivity index (χ1n) is 11.4. The van der Waals surface area contributed by atoms with E-state index in [1.54, 1.807) is 10.8 Å². The highest BCUT2D eigenvalue weighted by atomic mass is 32.2. The minimum absolute atomic E-state index is 0.0242. The van der Waals surface area contributed by atoms with E-state index in [9.17, 15) is 13.2 Å². The Morgan fingerprint density at radius 2 is 1.78 bits per heavy atom. The minimum Gasteiger partial charge on any atom is -0.341 e. The molecule has 1 fully saturated rings. The molecule has 0 aliphatic heterocycles. The number of nitrogens with zero attached hydrogens (tertiary/aromatic N) is 2. The number of carbonyl (C=O) groups is 1. The summed E-state index contributed by atoms with van der Waals surface area (Å²) in [6.07, 6.45) is 7.30. The lowest BCUT2D eigenvalue weighted by molar-refractivity contribution is -0.133. The molecule has 1 saturated carbocycles. The Bertz CT molecular complexity index is 1240. The van der Waals surface area contributed by atoms with Crippen molar-refractivity contribution in [3.05, 3.63) is 65.4 Å². The highest BCUT2D eigenvalue weighted by molar-refractivity contribution is 7.90. The lowest BCUT2D eigenvalue weighted by Crippen LogP contribution is -2.40. The topological polar surface area (TPSA) is 59.4 Å². The summed E-state index contributed by atoms with van der Waals surface area (Å²) in [6, 6.07) is 13.6. The molecular formula is C26H32N2O3S. The molecule has 0 atom stereocenters. The normalized spacial score (nSPS) is 15.2. The van der Waals surface area contributed by atoms with Gasteiger partial charge in [-0.1, -0.05) is 61.2 Å². The number of hydrogen-bond donors (Lipinski definition) is 0. The highest BCUT2D eigenvalue weighted by Crippen LogP contribution is 2.29. The Morgan fingerprint density at radius 1 is 1.06 bits per heavy atom. The number of benzene rings is 2. The van der Waals surface area contributed by atoms with Crippen molar-refractivity contribution >= 4 is 26.6 Å². The third kappa shape index (κ3) is 4.60. The maximum atomic E-state index is 13.5. The molecule has 0 saturated heterocycles. The summed E-state index contributed by atoms with van der Waals surface area (Å²) in [7, 11) is -1.70. The second-order valence-corrected chi connectivity index (χ2v) is 11.1. The predicted molar refractivity (Wildman–Crippen MR) is 128 cm³/mol. The Hall–Kier alpha value is -2.60. The first-order chi connectivity index (χ1) is 15.3. The summed E-state index contributed by atoms with van der Waals surface area (Å²) < 4.78 is 28.7. The maximum absolute atomic E-state index is 13.5. The van der Waals surface area contributed by atoms with Crippen LogP contribution in [0.2, 0.25) is 0 Å². The van der Waals surface area contributed by atoms with Crippen molar-refractivity contribution in [2.45, 2.75) is 69.2 Å². The third-order valence-electron chi connectivity index (χ3n) is 6.76. The second kappa shape index (κ2) is 9.10. The van der Waals surface area contributed by atoms with E-state index >= 15 is 0 Å². The molecule has 2 aromatic carbocycles. The van der Waals surface area contributed by atoms with Gasteiger partial charge in [-0.05, 0) is 43.9 Å². The van der Waals surface area contributed by atoms with E-state index in [2.05, 4.69) is 0 Å². The van der Waals surface area contributed by atoms with Crippen molar-refractivity contribution in [1.82, 2.24) is 9.47 Å². The van der Waals surface area contributed by atoms with Crippen LogP contribution < -0.4 is 0 Å². The van der Waals surface area contributed by atoms with Gasteiger partial charge in [-0.3, -0.25) is 4.79 Å². The number of para-hydroxylation sites is 1. The van der Waals surface area contributed by atoms with Crippen molar-refractivity contribution in [3.8, 4) is 0 Å². The molecule has 1 aliphatic carbocycles. The van der Waals surface area contributed by atoms with Gasteiger partial charge in [0.1, 0.15) is 6.54 Å². The lowest BCUT2D eigenvalue weighted by Gasteiger charge is -2.31. The van der Waals surface area contributed by atoms with E-state index in [-0.39, 0.29) is 24.2 Å². The molecule has 0 spiro atoms. The largest absolute Gasteiger partial charge is 0.341 e. The monoisotopic (exact) mass is 452 g/mol. The van der Waals surface area contributed by atoms with Crippen LogP contribution in [0.15, 0.2) is 53.6 Å². The number of amides is 1. The van der Waals surface area contributed by atoms with Gasteiger partial charge >= 0.3 is 0 Å². The van der Waals surface area contributed by atoms with Gasteiger partial charge in [-0.2, -0.15) is 0 Å². The number of hydrogen-bond acceptors (Lipinski definition) is 3. The van der Waals surface area contributed by atoms with E-state index in [4.69, 9.17) is 0 Å². The third-order valence-corrected chi connectivity index (χ3v) is 8.45. The molecule has 1 aromatic heterocycles. The van der Waals surface area contributed by atoms with Gasteiger partial charge < -0.3 is 9.47 Å². The van der Waals surface area contributed by atoms with Gasteiger partial charge in [0.25, 0.3) is 0 Å². The van der Waals surface area contributed by atoms with Crippen LogP contribution in [0.5, 0.6) is 0 Å². The summed E-state index contributed by atoms with van der Waals surface area (Å²) in [4.78, 5) is 15.2. The minimum atomic E-state index is -3.58. The van der Waals surface area contributed by atoms with Gasteiger partial charge in [0.2, 0.25) is 5.91 Å².